The highest BCUT2D eigenvalue weighted by atomic mass is 16.5. The number of hydrogen-bond acceptors (Lipinski definition) is 4. The van der Waals surface area contributed by atoms with Crippen molar-refractivity contribution in [2.45, 2.75) is 13.8 Å². The maximum Gasteiger partial charge on any atom is 0.163 e. The third kappa shape index (κ3) is 1.24. The van der Waals surface area contributed by atoms with Gasteiger partial charge in [-0.1, -0.05) is 0 Å². The van der Waals surface area contributed by atoms with E-state index in [1.165, 1.54) is 0 Å². The van der Waals surface area contributed by atoms with E-state index in [9.17, 15) is 0 Å². The van der Waals surface area contributed by atoms with Crippen LogP contribution in [0.15, 0.2) is 22.9 Å². The Kier molecular flexibility index (Phi) is 1.94. The molecule has 62 valence electrons. The van der Waals surface area contributed by atoms with Crippen LogP contribution in [-0.4, -0.2) is 7.11 Å². The van der Waals surface area contributed by atoms with Crippen LogP contribution in [0, 0.1) is 0 Å². The number of nitrogens with one attached hydrogen (secondary N) is 2. The van der Waals surface area contributed by atoms with Crippen LogP contribution in [0.25, 0.3) is 0 Å². The number of allylic oxidation sites excluding steroid dienone is 2. The first-order valence-electron chi connectivity index (χ1n) is 3.40. The zero-order valence-electron chi connectivity index (χ0n) is 6.99. The summed E-state index contributed by atoms with van der Waals surface area (Å²) < 4.78 is 5.08. The second-order valence-corrected chi connectivity index (χ2v) is 2.45. The van der Waals surface area contributed by atoms with Gasteiger partial charge in [-0.05, 0) is 13.8 Å². The fraction of sp³-hybridized carbons (Fsp3) is 0.429. The summed E-state index contributed by atoms with van der Waals surface area (Å²) in [5, 5.41) is 0. The van der Waals surface area contributed by atoms with Crippen molar-refractivity contribution in [1.29, 1.82) is 0 Å². The Balaban J connectivity index is 3.00. The summed E-state index contributed by atoms with van der Waals surface area (Å²) in [5.41, 5.74) is 14.0. The van der Waals surface area contributed by atoms with Gasteiger partial charge in [0, 0.05) is 0 Å². The summed E-state index contributed by atoms with van der Waals surface area (Å²) in [4.78, 5) is 0. The summed E-state index contributed by atoms with van der Waals surface area (Å²) in [7, 11) is 1.60. The summed E-state index contributed by atoms with van der Waals surface area (Å²) in [6.07, 6.45) is 0. The lowest BCUT2D eigenvalue weighted by molar-refractivity contribution is 0.285. The van der Waals surface area contributed by atoms with Gasteiger partial charge in [0.2, 0.25) is 0 Å². The molecule has 0 atom stereocenters. The van der Waals surface area contributed by atoms with Crippen molar-refractivity contribution in [2.24, 2.45) is 5.73 Å². The molecule has 0 aromatic carbocycles. The Labute approximate surface area is 66.1 Å². The molecule has 0 aromatic rings. The molecule has 4 N–H and O–H groups in total. The van der Waals surface area contributed by atoms with E-state index in [1.807, 2.05) is 13.8 Å². The van der Waals surface area contributed by atoms with Crippen molar-refractivity contribution >= 4 is 0 Å². The molecule has 0 fully saturated rings. The van der Waals surface area contributed by atoms with Gasteiger partial charge in [0.15, 0.2) is 5.76 Å². The van der Waals surface area contributed by atoms with Gasteiger partial charge in [-0.25, -0.2) is 0 Å². The number of methoxy groups -OCH3 is 1. The molecular formula is C7H13N3O. The fourth-order valence-electron chi connectivity index (χ4n) is 0.947. The van der Waals surface area contributed by atoms with Crippen LogP contribution < -0.4 is 16.6 Å². The zero-order valence-corrected chi connectivity index (χ0v) is 6.99. The van der Waals surface area contributed by atoms with Gasteiger partial charge in [0.25, 0.3) is 0 Å². The normalized spacial score (nSPS) is 17.7. The standard InChI is InChI=1S/C7H13N3O/c1-4-6(8)7(11-3)5(2)10-9-4/h9-10H,8H2,1-3H3. The number of rotatable bonds is 1. The first-order chi connectivity index (χ1) is 5.16. The van der Waals surface area contributed by atoms with E-state index < -0.39 is 0 Å². The van der Waals surface area contributed by atoms with Crippen LogP contribution in [0.5, 0.6) is 0 Å². The van der Waals surface area contributed by atoms with Gasteiger partial charge in [0.1, 0.15) is 0 Å². The van der Waals surface area contributed by atoms with Crippen LogP contribution >= 0.6 is 0 Å². The van der Waals surface area contributed by atoms with Crippen molar-refractivity contribution in [3.63, 3.8) is 0 Å². The molecular weight excluding hydrogens is 142 g/mol. The number of hydrogen-bond donors (Lipinski definition) is 3. The highest BCUT2D eigenvalue weighted by Crippen LogP contribution is 2.14. The van der Waals surface area contributed by atoms with Crippen molar-refractivity contribution in [2.75, 3.05) is 7.11 Å². The quantitative estimate of drug-likeness (QED) is 0.505. The monoisotopic (exact) mass is 155 g/mol. The van der Waals surface area contributed by atoms with Crippen molar-refractivity contribution < 1.29 is 4.74 Å². The fourth-order valence-corrected chi connectivity index (χ4v) is 0.947. The first kappa shape index (κ1) is 7.78. The molecule has 0 spiro atoms. The second-order valence-electron chi connectivity index (χ2n) is 2.45. The Bertz CT molecular complexity index is 230. The molecule has 1 heterocycles. The Hall–Kier alpha value is -1.32. The summed E-state index contributed by atoms with van der Waals surface area (Å²) in [5.74, 6) is 0.709. The molecule has 0 aliphatic carbocycles. The molecule has 11 heavy (non-hydrogen) atoms. The van der Waals surface area contributed by atoms with Gasteiger partial charge in [0.05, 0.1) is 24.2 Å². The Morgan fingerprint density at radius 3 is 2.18 bits per heavy atom. The van der Waals surface area contributed by atoms with Crippen molar-refractivity contribution in [1.82, 2.24) is 10.9 Å². The molecule has 4 heteroatoms. The summed E-state index contributed by atoms with van der Waals surface area (Å²) in [6.45, 7) is 3.78. The lowest BCUT2D eigenvalue weighted by atomic mass is 10.2. The number of nitrogens with two attached hydrogens (primary N) is 1. The molecule has 0 bridgehead atoms. The van der Waals surface area contributed by atoms with E-state index in [2.05, 4.69) is 10.9 Å². The van der Waals surface area contributed by atoms with Crippen LogP contribution in [-0.2, 0) is 4.74 Å². The van der Waals surface area contributed by atoms with Gasteiger partial charge >= 0.3 is 0 Å². The average molecular weight is 155 g/mol. The predicted molar refractivity (Wildman–Crippen MR) is 42.9 cm³/mol. The number of ether oxygens (including phenoxy) is 1. The first-order valence-corrected chi connectivity index (χ1v) is 3.40. The van der Waals surface area contributed by atoms with Crippen molar-refractivity contribution in [3.8, 4) is 0 Å². The third-order valence-corrected chi connectivity index (χ3v) is 1.63. The van der Waals surface area contributed by atoms with E-state index >= 15 is 0 Å². The van der Waals surface area contributed by atoms with E-state index in [1.54, 1.807) is 7.11 Å². The van der Waals surface area contributed by atoms with Crippen molar-refractivity contribution in [3.05, 3.63) is 22.9 Å². The van der Waals surface area contributed by atoms with Gasteiger partial charge < -0.3 is 21.3 Å². The van der Waals surface area contributed by atoms with Crippen LogP contribution in [0.4, 0.5) is 0 Å². The molecule has 0 saturated carbocycles. The molecule has 0 aromatic heterocycles. The SMILES string of the molecule is COC1=C(C)NNC(C)=C1N. The summed E-state index contributed by atoms with van der Waals surface area (Å²) >= 11 is 0. The maximum atomic E-state index is 5.72. The average Bonchev–Trinajstić information content (AvgIpc) is 1.99. The highest BCUT2D eigenvalue weighted by molar-refractivity contribution is 5.32. The Morgan fingerprint density at radius 1 is 1.18 bits per heavy atom. The Morgan fingerprint density at radius 2 is 1.73 bits per heavy atom. The molecule has 4 nitrogen and oxygen atoms in total. The molecule has 1 aliphatic heterocycles. The zero-order chi connectivity index (χ0) is 8.43. The molecule has 0 amide bonds. The van der Waals surface area contributed by atoms with Gasteiger partial charge in [-0.15, -0.1) is 0 Å². The van der Waals surface area contributed by atoms with Crippen LogP contribution in [0.2, 0.25) is 0 Å². The minimum absolute atomic E-state index is 0.656. The molecule has 0 unspecified atom stereocenters. The summed E-state index contributed by atoms with van der Waals surface area (Å²) in [6, 6.07) is 0. The third-order valence-electron chi connectivity index (χ3n) is 1.63. The predicted octanol–water partition coefficient (Wildman–Crippen LogP) is 0.162. The van der Waals surface area contributed by atoms with E-state index in [0.29, 0.717) is 11.5 Å². The largest absolute Gasteiger partial charge is 0.493 e. The lowest BCUT2D eigenvalue weighted by Gasteiger charge is -2.22. The number of hydrazine groups is 1. The lowest BCUT2D eigenvalue weighted by Crippen LogP contribution is -2.36. The van der Waals surface area contributed by atoms with Gasteiger partial charge in [-0.2, -0.15) is 0 Å². The molecule has 0 radical (unpaired) electrons. The minimum Gasteiger partial charge on any atom is -0.493 e. The van der Waals surface area contributed by atoms with E-state index in [-0.39, 0.29) is 0 Å². The van der Waals surface area contributed by atoms with Gasteiger partial charge in [-0.3, -0.25) is 0 Å². The van der Waals surface area contributed by atoms with Crippen LogP contribution in [0.3, 0.4) is 0 Å². The van der Waals surface area contributed by atoms with Crippen LogP contribution in [0.1, 0.15) is 13.8 Å². The minimum atomic E-state index is 0.656. The molecule has 1 rings (SSSR count). The molecule has 0 saturated heterocycles. The maximum absolute atomic E-state index is 5.72. The smallest absolute Gasteiger partial charge is 0.163 e. The topological polar surface area (TPSA) is 59.3 Å². The van der Waals surface area contributed by atoms with E-state index in [0.717, 1.165) is 11.4 Å². The molecule has 1 aliphatic rings. The highest BCUT2D eigenvalue weighted by Gasteiger charge is 2.13. The van der Waals surface area contributed by atoms with E-state index in [4.69, 9.17) is 10.5 Å². The second kappa shape index (κ2) is 2.74.